The number of hydrogen-bond donors (Lipinski definition) is 1. The first-order chi connectivity index (χ1) is 8.01. The molecule has 0 aliphatic rings. The van der Waals surface area contributed by atoms with Gasteiger partial charge in [0.25, 0.3) is 0 Å². The highest BCUT2D eigenvalue weighted by molar-refractivity contribution is 7.89. The molecule has 0 radical (unpaired) electrons. The minimum atomic E-state index is -3.38. The molecule has 17 heavy (non-hydrogen) atoms. The van der Waals surface area contributed by atoms with Gasteiger partial charge in [-0.3, -0.25) is 0 Å². The van der Waals surface area contributed by atoms with E-state index < -0.39 is 10.0 Å². The first kappa shape index (κ1) is 14.0. The summed E-state index contributed by atoms with van der Waals surface area (Å²) in [6.45, 7) is 6.65. The number of ether oxygens (including phenoxy) is 1. The van der Waals surface area contributed by atoms with Crippen molar-refractivity contribution < 1.29 is 13.2 Å². The second-order valence-electron chi connectivity index (χ2n) is 3.78. The Morgan fingerprint density at radius 1 is 1.29 bits per heavy atom. The average molecular weight is 257 g/mol. The van der Waals surface area contributed by atoms with Crippen molar-refractivity contribution in [2.75, 3.05) is 13.2 Å². The van der Waals surface area contributed by atoms with Crippen LogP contribution in [0, 0.1) is 6.92 Å². The van der Waals surface area contributed by atoms with Crippen LogP contribution in [0.15, 0.2) is 23.1 Å². The fraction of sp³-hybridized carbons (Fsp3) is 0.500. The van der Waals surface area contributed by atoms with Crippen molar-refractivity contribution in [3.63, 3.8) is 0 Å². The first-order valence-corrected chi connectivity index (χ1v) is 7.22. The van der Waals surface area contributed by atoms with Gasteiger partial charge in [-0.2, -0.15) is 0 Å². The third-order valence-corrected chi connectivity index (χ3v) is 3.80. The number of hydrogen-bond acceptors (Lipinski definition) is 3. The molecule has 0 aromatic heterocycles. The molecule has 0 atom stereocenters. The van der Waals surface area contributed by atoms with Crippen LogP contribution in [0.2, 0.25) is 0 Å². The van der Waals surface area contributed by atoms with E-state index in [0.717, 1.165) is 17.7 Å². The average Bonchev–Trinajstić information content (AvgIpc) is 2.27. The molecular formula is C12H19NO3S. The third kappa shape index (κ3) is 3.71. The lowest BCUT2D eigenvalue weighted by atomic mass is 10.2. The lowest BCUT2D eigenvalue weighted by molar-refractivity contribution is 0.315. The topological polar surface area (TPSA) is 55.4 Å². The lowest BCUT2D eigenvalue weighted by Gasteiger charge is -2.10. The normalized spacial score (nSPS) is 11.5. The molecular weight excluding hydrogens is 238 g/mol. The molecule has 0 saturated carbocycles. The highest BCUT2D eigenvalue weighted by Crippen LogP contribution is 2.21. The number of aryl methyl sites for hydroxylation is 1. The fourth-order valence-electron chi connectivity index (χ4n) is 1.44. The third-order valence-electron chi connectivity index (χ3n) is 2.25. The van der Waals surface area contributed by atoms with E-state index in [2.05, 4.69) is 4.72 Å². The van der Waals surface area contributed by atoms with E-state index in [1.165, 1.54) is 0 Å². The quantitative estimate of drug-likeness (QED) is 0.849. The summed E-state index contributed by atoms with van der Waals surface area (Å²) in [6, 6.07) is 4.90. The van der Waals surface area contributed by atoms with E-state index in [9.17, 15) is 8.42 Å². The van der Waals surface area contributed by atoms with E-state index in [0.29, 0.717) is 13.2 Å². The molecule has 0 unspecified atom stereocenters. The first-order valence-electron chi connectivity index (χ1n) is 5.74. The maximum atomic E-state index is 11.8. The van der Waals surface area contributed by atoms with Crippen LogP contribution in [0.3, 0.4) is 0 Å². The molecule has 1 rings (SSSR count). The Kier molecular flexibility index (Phi) is 4.96. The van der Waals surface area contributed by atoms with Gasteiger partial charge in [-0.15, -0.1) is 0 Å². The van der Waals surface area contributed by atoms with Crippen LogP contribution in [-0.4, -0.2) is 21.6 Å². The molecule has 5 heteroatoms. The van der Waals surface area contributed by atoms with Gasteiger partial charge in [0.05, 0.1) is 11.5 Å². The predicted molar refractivity (Wildman–Crippen MR) is 67.8 cm³/mol. The van der Waals surface area contributed by atoms with E-state index in [4.69, 9.17) is 4.74 Å². The lowest BCUT2D eigenvalue weighted by Crippen LogP contribution is -2.23. The van der Waals surface area contributed by atoms with Gasteiger partial charge in [0.15, 0.2) is 0 Å². The number of benzene rings is 1. The molecule has 0 heterocycles. The molecule has 0 fully saturated rings. The number of nitrogens with one attached hydrogen (secondary N) is 1. The molecule has 0 aliphatic carbocycles. The minimum absolute atomic E-state index is 0.278. The molecule has 0 aliphatic heterocycles. The van der Waals surface area contributed by atoms with Crippen molar-refractivity contribution >= 4 is 10.0 Å². The van der Waals surface area contributed by atoms with Crippen molar-refractivity contribution in [3.8, 4) is 5.75 Å². The van der Waals surface area contributed by atoms with Crippen LogP contribution < -0.4 is 9.46 Å². The van der Waals surface area contributed by atoms with E-state index in [1.54, 1.807) is 25.1 Å². The Bertz CT molecular complexity index is 469. The van der Waals surface area contributed by atoms with Crippen LogP contribution in [-0.2, 0) is 10.0 Å². The second-order valence-corrected chi connectivity index (χ2v) is 5.54. The summed E-state index contributed by atoms with van der Waals surface area (Å²) in [5, 5.41) is 0. The summed E-state index contributed by atoms with van der Waals surface area (Å²) in [4.78, 5) is 0.278. The zero-order chi connectivity index (χ0) is 12.9. The predicted octanol–water partition coefficient (Wildman–Crippen LogP) is 2.08. The van der Waals surface area contributed by atoms with Gasteiger partial charge in [0, 0.05) is 6.54 Å². The summed E-state index contributed by atoms with van der Waals surface area (Å²) < 4.78 is 31.5. The monoisotopic (exact) mass is 257 g/mol. The maximum absolute atomic E-state index is 11.8. The summed E-state index contributed by atoms with van der Waals surface area (Å²) in [7, 11) is -3.38. The number of sulfonamides is 1. The van der Waals surface area contributed by atoms with Gasteiger partial charge in [0.1, 0.15) is 5.75 Å². The highest BCUT2D eigenvalue weighted by atomic mass is 32.2. The Hall–Kier alpha value is -1.07. The molecule has 0 bridgehead atoms. The van der Waals surface area contributed by atoms with Gasteiger partial charge in [-0.25, -0.2) is 13.1 Å². The smallest absolute Gasteiger partial charge is 0.240 e. The fourth-order valence-corrected chi connectivity index (χ4v) is 2.56. The van der Waals surface area contributed by atoms with Gasteiger partial charge in [-0.1, -0.05) is 13.8 Å². The summed E-state index contributed by atoms with van der Waals surface area (Å²) in [6.07, 6.45) is 0.927. The van der Waals surface area contributed by atoms with Crippen molar-refractivity contribution in [2.24, 2.45) is 0 Å². The standard InChI is InChI=1S/C12H19NO3S/c1-4-8-16-12-7-6-11(9-10(12)3)17(14,15)13-5-2/h6-7,9,13H,4-5,8H2,1-3H3. The largest absolute Gasteiger partial charge is 0.493 e. The molecule has 96 valence electrons. The Balaban J connectivity index is 2.96. The minimum Gasteiger partial charge on any atom is -0.493 e. The Labute approximate surface area is 103 Å². The Morgan fingerprint density at radius 2 is 2.00 bits per heavy atom. The molecule has 1 N–H and O–H groups in total. The van der Waals surface area contributed by atoms with Crippen LogP contribution >= 0.6 is 0 Å². The van der Waals surface area contributed by atoms with Crippen LogP contribution in [0.5, 0.6) is 5.75 Å². The highest BCUT2D eigenvalue weighted by Gasteiger charge is 2.13. The van der Waals surface area contributed by atoms with E-state index in [1.807, 2.05) is 13.8 Å². The molecule has 0 saturated heterocycles. The second kappa shape index (κ2) is 6.02. The van der Waals surface area contributed by atoms with Crippen molar-refractivity contribution in [1.29, 1.82) is 0 Å². The summed E-state index contributed by atoms with van der Waals surface area (Å²) in [5.74, 6) is 0.738. The maximum Gasteiger partial charge on any atom is 0.240 e. The van der Waals surface area contributed by atoms with E-state index in [-0.39, 0.29) is 4.90 Å². The summed E-state index contributed by atoms with van der Waals surface area (Å²) >= 11 is 0. The molecule has 1 aromatic carbocycles. The van der Waals surface area contributed by atoms with Gasteiger partial charge in [-0.05, 0) is 37.1 Å². The molecule has 0 amide bonds. The zero-order valence-corrected chi connectivity index (χ0v) is 11.3. The van der Waals surface area contributed by atoms with Crippen LogP contribution in [0.1, 0.15) is 25.8 Å². The van der Waals surface area contributed by atoms with Crippen LogP contribution in [0.4, 0.5) is 0 Å². The Morgan fingerprint density at radius 3 is 2.53 bits per heavy atom. The number of rotatable bonds is 6. The van der Waals surface area contributed by atoms with Gasteiger partial charge < -0.3 is 4.74 Å². The molecule has 0 spiro atoms. The van der Waals surface area contributed by atoms with Crippen molar-refractivity contribution in [3.05, 3.63) is 23.8 Å². The zero-order valence-electron chi connectivity index (χ0n) is 10.5. The molecule has 4 nitrogen and oxygen atoms in total. The van der Waals surface area contributed by atoms with Gasteiger partial charge >= 0.3 is 0 Å². The summed E-state index contributed by atoms with van der Waals surface area (Å²) in [5.41, 5.74) is 0.831. The molecule has 1 aromatic rings. The SMILES string of the molecule is CCCOc1ccc(S(=O)(=O)NCC)cc1C. The van der Waals surface area contributed by atoms with Crippen LogP contribution in [0.25, 0.3) is 0 Å². The van der Waals surface area contributed by atoms with Crippen molar-refractivity contribution in [2.45, 2.75) is 32.1 Å². The van der Waals surface area contributed by atoms with E-state index >= 15 is 0 Å². The van der Waals surface area contributed by atoms with Crippen molar-refractivity contribution in [1.82, 2.24) is 4.72 Å². The van der Waals surface area contributed by atoms with Gasteiger partial charge in [0.2, 0.25) is 10.0 Å².